The normalized spacial score (nSPS) is 11.7. The molecule has 0 aliphatic heterocycles. The number of pyridine rings is 1. The van der Waals surface area contributed by atoms with Crippen molar-refractivity contribution in [3.8, 4) is 5.75 Å². The monoisotopic (exact) mass is 290 g/mol. The Bertz CT molecular complexity index is 684. The van der Waals surface area contributed by atoms with Gasteiger partial charge in [0.05, 0.1) is 6.04 Å². The van der Waals surface area contributed by atoms with Crippen LogP contribution in [0.2, 0.25) is 0 Å². The zero-order chi connectivity index (χ0) is 15.2. The van der Waals surface area contributed by atoms with Crippen LogP contribution in [0, 0.1) is 5.82 Å². The molecule has 110 valence electrons. The number of ether oxygens (including phenoxy) is 1. The smallest absolute Gasteiger partial charge is 0.260 e. The molecule has 21 heavy (non-hydrogen) atoms. The SMILES string of the molecule is C[C@H](COc1cccc(F)c1)NC(=O)c1ccc[nH]c1=O. The largest absolute Gasteiger partial charge is 0.491 e. The molecule has 0 bridgehead atoms. The van der Waals surface area contributed by atoms with Gasteiger partial charge in [0.15, 0.2) is 0 Å². The van der Waals surface area contributed by atoms with E-state index in [1.165, 1.54) is 30.5 Å². The minimum Gasteiger partial charge on any atom is -0.491 e. The molecule has 0 aliphatic rings. The van der Waals surface area contributed by atoms with Crippen molar-refractivity contribution < 1.29 is 13.9 Å². The highest BCUT2D eigenvalue weighted by molar-refractivity contribution is 5.93. The molecule has 1 atom stereocenters. The van der Waals surface area contributed by atoms with E-state index < -0.39 is 11.5 Å². The van der Waals surface area contributed by atoms with Crippen molar-refractivity contribution in [2.75, 3.05) is 6.61 Å². The second-order valence-electron chi connectivity index (χ2n) is 4.56. The van der Waals surface area contributed by atoms with Crippen molar-refractivity contribution in [1.29, 1.82) is 0 Å². The fraction of sp³-hybridized carbons (Fsp3) is 0.200. The first kappa shape index (κ1) is 14.8. The third-order valence-corrected chi connectivity index (χ3v) is 2.74. The Hall–Kier alpha value is -2.63. The molecule has 5 nitrogen and oxygen atoms in total. The number of nitrogens with one attached hydrogen (secondary N) is 2. The van der Waals surface area contributed by atoms with Crippen LogP contribution in [0.4, 0.5) is 4.39 Å². The number of carbonyl (C=O) groups excluding carboxylic acids is 1. The van der Waals surface area contributed by atoms with Crippen LogP contribution in [0.15, 0.2) is 47.4 Å². The zero-order valence-corrected chi connectivity index (χ0v) is 11.4. The van der Waals surface area contributed by atoms with Gasteiger partial charge < -0.3 is 15.0 Å². The molecule has 1 amide bonds. The van der Waals surface area contributed by atoms with E-state index in [9.17, 15) is 14.0 Å². The van der Waals surface area contributed by atoms with E-state index in [-0.39, 0.29) is 24.0 Å². The molecule has 0 saturated carbocycles. The van der Waals surface area contributed by atoms with Crippen LogP contribution in [-0.2, 0) is 0 Å². The molecule has 0 spiro atoms. The number of carbonyl (C=O) groups is 1. The van der Waals surface area contributed by atoms with Crippen molar-refractivity contribution in [1.82, 2.24) is 10.3 Å². The third kappa shape index (κ3) is 4.17. The predicted molar refractivity (Wildman–Crippen MR) is 75.9 cm³/mol. The Morgan fingerprint density at radius 2 is 2.19 bits per heavy atom. The van der Waals surface area contributed by atoms with Gasteiger partial charge in [0.2, 0.25) is 0 Å². The highest BCUT2D eigenvalue weighted by atomic mass is 19.1. The fourth-order valence-electron chi connectivity index (χ4n) is 1.72. The lowest BCUT2D eigenvalue weighted by Gasteiger charge is -2.14. The summed E-state index contributed by atoms with van der Waals surface area (Å²) in [7, 11) is 0. The van der Waals surface area contributed by atoms with Crippen molar-refractivity contribution >= 4 is 5.91 Å². The average molecular weight is 290 g/mol. The lowest BCUT2D eigenvalue weighted by atomic mass is 10.2. The van der Waals surface area contributed by atoms with Crippen molar-refractivity contribution in [2.24, 2.45) is 0 Å². The topological polar surface area (TPSA) is 71.2 Å². The number of hydrogen-bond donors (Lipinski definition) is 2. The highest BCUT2D eigenvalue weighted by Gasteiger charge is 2.13. The minimum atomic E-state index is -0.479. The van der Waals surface area contributed by atoms with Crippen molar-refractivity contribution in [3.05, 3.63) is 64.3 Å². The Labute approximate surface area is 120 Å². The summed E-state index contributed by atoms with van der Waals surface area (Å²) in [5.41, 5.74) is -0.414. The van der Waals surface area contributed by atoms with Crippen LogP contribution >= 0.6 is 0 Å². The van der Waals surface area contributed by atoms with Crippen LogP contribution in [0.1, 0.15) is 17.3 Å². The summed E-state index contributed by atoms with van der Waals surface area (Å²) in [5, 5.41) is 2.64. The van der Waals surface area contributed by atoms with E-state index in [4.69, 9.17) is 4.74 Å². The zero-order valence-electron chi connectivity index (χ0n) is 11.4. The van der Waals surface area contributed by atoms with Crippen LogP contribution in [0.5, 0.6) is 5.75 Å². The van der Waals surface area contributed by atoms with E-state index >= 15 is 0 Å². The first-order valence-electron chi connectivity index (χ1n) is 6.43. The molecular formula is C15H15FN2O3. The summed E-state index contributed by atoms with van der Waals surface area (Å²) >= 11 is 0. The number of rotatable bonds is 5. The number of hydrogen-bond acceptors (Lipinski definition) is 3. The number of benzene rings is 1. The molecule has 0 aliphatic carbocycles. The summed E-state index contributed by atoms with van der Waals surface area (Å²) < 4.78 is 18.4. The Balaban J connectivity index is 1.90. The van der Waals surface area contributed by atoms with Gasteiger partial charge in [-0.25, -0.2) is 4.39 Å². The van der Waals surface area contributed by atoms with E-state index in [1.54, 1.807) is 19.1 Å². The van der Waals surface area contributed by atoms with Crippen LogP contribution in [-0.4, -0.2) is 23.5 Å². The first-order chi connectivity index (χ1) is 10.1. The summed E-state index contributed by atoms with van der Waals surface area (Å²) in [4.78, 5) is 25.8. The lowest BCUT2D eigenvalue weighted by Crippen LogP contribution is -2.39. The second kappa shape index (κ2) is 6.69. The predicted octanol–water partition coefficient (Wildman–Crippen LogP) is 1.71. The van der Waals surface area contributed by atoms with Gasteiger partial charge in [-0.3, -0.25) is 9.59 Å². The van der Waals surface area contributed by atoms with E-state index in [0.717, 1.165) is 0 Å². The molecule has 0 fully saturated rings. The molecule has 0 unspecified atom stereocenters. The Kier molecular flexibility index (Phi) is 4.71. The molecule has 2 rings (SSSR count). The first-order valence-corrected chi connectivity index (χ1v) is 6.43. The van der Waals surface area contributed by atoms with E-state index in [1.807, 2.05) is 0 Å². The molecule has 1 aromatic heterocycles. The summed E-state index contributed by atoms with van der Waals surface area (Å²) in [5.74, 6) is -0.485. The number of H-pyrrole nitrogens is 1. The Morgan fingerprint density at radius 3 is 2.90 bits per heavy atom. The van der Waals surface area contributed by atoms with Gasteiger partial charge in [-0.2, -0.15) is 0 Å². The van der Waals surface area contributed by atoms with Crippen LogP contribution < -0.4 is 15.6 Å². The molecule has 0 radical (unpaired) electrons. The summed E-state index contributed by atoms with van der Waals surface area (Å²) in [6, 6.07) is 8.42. The molecule has 1 aromatic carbocycles. The van der Waals surface area contributed by atoms with Gasteiger partial charge in [-0.05, 0) is 31.2 Å². The maximum absolute atomic E-state index is 13.0. The molecule has 1 heterocycles. The number of halogens is 1. The van der Waals surface area contributed by atoms with E-state index in [0.29, 0.717) is 5.75 Å². The van der Waals surface area contributed by atoms with Gasteiger partial charge in [-0.15, -0.1) is 0 Å². The number of aromatic amines is 1. The standard InChI is InChI=1S/C15H15FN2O3/c1-10(9-21-12-5-2-4-11(16)8-12)18-15(20)13-6-3-7-17-14(13)19/h2-8,10H,9H2,1H3,(H,17,19)(H,18,20)/t10-/m1/s1. The lowest BCUT2D eigenvalue weighted by molar-refractivity contribution is 0.0925. The molecule has 0 saturated heterocycles. The molecule has 2 aromatic rings. The minimum absolute atomic E-state index is 0.0371. The summed E-state index contributed by atoms with van der Waals surface area (Å²) in [6.45, 7) is 1.90. The van der Waals surface area contributed by atoms with Gasteiger partial charge >= 0.3 is 0 Å². The van der Waals surface area contributed by atoms with Crippen molar-refractivity contribution in [2.45, 2.75) is 13.0 Å². The Morgan fingerprint density at radius 1 is 1.38 bits per heavy atom. The fourth-order valence-corrected chi connectivity index (χ4v) is 1.72. The number of aromatic nitrogens is 1. The average Bonchev–Trinajstić information content (AvgIpc) is 2.45. The molecule has 2 N–H and O–H groups in total. The van der Waals surface area contributed by atoms with Gasteiger partial charge in [0, 0.05) is 12.3 Å². The quantitative estimate of drug-likeness (QED) is 0.880. The van der Waals surface area contributed by atoms with Gasteiger partial charge in [0.25, 0.3) is 11.5 Å². The van der Waals surface area contributed by atoms with Crippen molar-refractivity contribution in [3.63, 3.8) is 0 Å². The summed E-state index contributed by atoms with van der Waals surface area (Å²) in [6.07, 6.45) is 1.45. The van der Waals surface area contributed by atoms with Crippen LogP contribution in [0.25, 0.3) is 0 Å². The number of amides is 1. The van der Waals surface area contributed by atoms with Gasteiger partial charge in [-0.1, -0.05) is 6.07 Å². The van der Waals surface area contributed by atoms with Gasteiger partial charge in [0.1, 0.15) is 23.7 Å². The molecule has 6 heteroatoms. The maximum Gasteiger partial charge on any atom is 0.260 e. The molecular weight excluding hydrogens is 275 g/mol. The van der Waals surface area contributed by atoms with E-state index in [2.05, 4.69) is 10.3 Å². The maximum atomic E-state index is 13.0. The highest BCUT2D eigenvalue weighted by Crippen LogP contribution is 2.12. The third-order valence-electron chi connectivity index (χ3n) is 2.74. The van der Waals surface area contributed by atoms with Crippen LogP contribution in [0.3, 0.4) is 0 Å². The second-order valence-corrected chi connectivity index (χ2v) is 4.56.